The van der Waals surface area contributed by atoms with Crippen LogP contribution in [-0.4, -0.2) is 25.9 Å². The van der Waals surface area contributed by atoms with Crippen LogP contribution in [0, 0.1) is 0 Å². The first-order valence-electron chi connectivity index (χ1n) is 4.60. The number of carboxylic acids is 1. The molecule has 2 aromatic heterocycles. The molecule has 0 amide bonds. The van der Waals surface area contributed by atoms with Gasteiger partial charge in [-0.05, 0) is 18.9 Å². The molecule has 16 heavy (non-hydrogen) atoms. The third-order valence-electron chi connectivity index (χ3n) is 2.07. The van der Waals surface area contributed by atoms with Crippen molar-refractivity contribution in [1.29, 1.82) is 0 Å². The zero-order valence-electron chi connectivity index (χ0n) is 8.96. The molecular weight excluding hydrogens is 219 g/mol. The van der Waals surface area contributed by atoms with Crippen molar-refractivity contribution < 1.29 is 39.5 Å². The van der Waals surface area contributed by atoms with Crippen molar-refractivity contribution in [3.05, 3.63) is 18.5 Å². The maximum absolute atomic E-state index is 10.2. The van der Waals surface area contributed by atoms with Crippen molar-refractivity contribution in [2.75, 3.05) is 0 Å². The van der Waals surface area contributed by atoms with Crippen molar-refractivity contribution in [2.45, 2.75) is 19.4 Å². The van der Waals surface area contributed by atoms with Crippen LogP contribution in [0.15, 0.2) is 18.5 Å². The van der Waals surface area contributed by atoms with Gasteiger partial charge in [0, 0.05) is 18.7 Å². The second-order valence-corrected chi connectivity index (χ2v) is 3.15. The molecule has 0 aromatic carbocycles. The van der Waals surface area contributed by atoms with E-state index in [0.29, 0.717) is 18.5 Å². The molecule has 0 aliphatic rings. The van der Waals surface area contributed by atoms with Crippen LogP contribution >= 0.6 is 0 Å². The van der Waals surface area contributed by atoms with E-state index in [4.69, 9.17) is 0 Å². The molecule has 0 radical (unpaired) electrons. The minimum Gasteiger partial charge on any atom is -0.550 e. The quantitative estimate of drug-likeness (QED) is 0.504. The standard InChI is InChI=1S/C9H10N4O2.Na/c14-9(15)2-1-5-13-8-3-4-10-6-7(8)11-12-13;/h3-4,6H,1-2,5H2,(H,14,15);/q;+1/p-1. The Morgan fingerprint density at radius 1 is 1.50 bits per heavy atom. The fourth-order valence-electron chi connectivity index (χ4n) is 1.36. The molecule has 0 atom stereocenters. The number of fused-ring (bicyclic) bond motifs is 1. The molecule has 0 fully saturated rings. The van der Waals surface area contributed by atoms with Gasteiger partial charge >= 0.3 is 29.6 Å². The van der Waals surface area contributed by atoms with Crippen molar-refractivity contribution >= 4 is 17.0 Å². The molecule has 78 valence electrons. The molecule has 0 saturated heterocycles. The average molecular weight is 228 g/mol. The summed E-state index contributed by atoms with van der Waals surface area (Å²) in [4.78, 5) is 14.1. The minimum absolute atomic E-state index is 0. The zero-order valence-corrected chi connectivity index (χ0v) is 11.0. The first kappa shape index (κ1) is 13.1. The number of aromatic nitrogens is 4. The Hall–Kier alpha value is -0.980. The first-order chi connectivity index (χ1) is 7.27. The Morgan fingerprint density at radius 3 is 3.06 bits per heavy atom. The number of carbonyl (C=O) groups is 1. The number of aryl methyl sites for hydroxylation is 1. The average Bonchev–Trinajstić information content (AvgIpc) is 2.62. The number of nitrogens with zero attached hydrogens (tertiary/aromatic N) is 4. The van der Waals surface area contributed by atoms with Gasteiger partial charge < -0.3 is 9.90 Å². The van der Waals surface area contributed by atoms with Gasteiger partial charge in [-0.2, -0.15) is 0 Å². The van der Waals surface area contributed by atoms with Gasteiger partial charge in [0.2, 0.25) is 0 Å². The topological polar surface area (TPSA) is 83.7 Å². The largest absolute Gasteiger partial charge is 1.00 e. The maximum atomic E-state index is 10.2. The first-order valence-corrected chi connectivity index (χ1v) is 4.60. The number of carboxylic acid groups (broad SMARTS) is 1. The molecule has 0 saturated carbocycles. The molecule has 2 heterocycles. The van der Waals surface area contributed by atoms with Crippen molar-refractivity contribution in [3.8, 4) is 0 Å². The van der Waals surface area contributed by atoms with Gasteiger partial charge in [0.05, 0.1) is 11.7 Å². The second-order valence-electron chi connectivity index (χ2n) is 3.15. The van der Waals surface area contributed by atoms with Gasteiger partial charge in [-0.25, -0.2) is 4.68 Å². The van der Waals surface area contributed by atoms with E-state index in [0.717, 1.165) is 5.52 Å². The van der Waals surface area contributed by atoms with Gasteiger partial charge in [-0.15, -0.1) is 5.10 Å². The van der Waals surface area contributed by atoms with Gasteiger partial charge in [0.1, 0.15) is 5.52 Å². The summed E-state index contributed by atoms with van der Waals surface area (Å²) in [6.07, 6.45) is 3.80. The van der Waals surface area contributed by atoms with Crippen LogP contribution in [0.5, 0.6) is 0 Å². The van der Waals surface area contributed by atoms with Gasteiger partial charge in [0.15, 0.2) is 0 Å². The molecule has 0 bridgehead atoms. The number of carbonyl (C=O) groups excluding carboxylic acids is 1. The van der Waals surface area contributed by atoms with Gasteiger partial charge in [-0.3, -0.25) is 4.98 Å². The summed E-state index contributed by atoms with van der Waals surface area (Å²) in [5.41, 5.74) is 1.58. The number of pyridine rings is 1. The number of hydrogen-bond acceptors (Lipinski definition) is 5. The van der Waals surface area contributed by atoms with Crippen molar-refractivity contribution in [1.82, 2.24) is 20.0 Å². The van der Waals surface area contributed by atoms with E-state index in [1.54, 1.807) is 23.1 Å². The molecule has 6 nitrogen and oxygen atoms in total. The molecular formula is C9H9N4NaO2. The van der Waals surface area contributed by atoms with Gasteiger partial charge in [0.25, 0.3) is 0 Å². The van der Waals surface area contributed by atoms with E-state index in [9.17, 15) is 9.90 Å². The van der Waals surface area contributed by atoms with Crippen molar-refractivity contribution in [2.24, 2.45) is 0 Å². The Bertz CT molecular complexity index is 485. The summed E-state index contributed by atoms with van der Waals surface area (Å²) in [5, 5.41) is 18.0. The fourth-order valence-corrected chi connectivity index (χ4v) is 1.36. The predicted molar refractivity (Wildman–Crippen MR) is 49.6 cm³/mol. The SMILES string of the molecule is O=C([O-])CCCn1nnc2cnccc21.[Na+]. The van der Waals surface area contributed by atoms with Crippen LogP contribution in [0.4, 0.5) is 0 Å². The van der Waals surface area contributed by atoms with E-state index >= 15 is 0 Å². The van der Waals surface area contributed by atoms with Crippen LogP contribution < -0.4 is 34.7 Å². The maximum Gasteiger partial charge on any atom is 1.00 e. The summed E-state index contributed by atoms with van der Waals surface area (Å²) in [6, 6.07) is 1.80. The Kier molecular flexibility index (Phi) is 4.85. The molecule has 0 aliphatic carbocycles. The predicted octanol–water partition coefficient (Wildman–Crippen LogP) is -3.64. The van der Waals surface area contributed by atoms with E-state index in [1.165, 1.54) is 0 Å². The third-order valence-corrected chi connectivity index (χ3v) is 2.07. The third kappa shape index (κ3) is 3.01. The summed E-state index contributed by atoms with van der Waals surface area (Å²) in [7, 11) is 0. The van der Waals surface area contributed by atoms with E-state index in [1.807, 2.05) is 0 Å². The normalized spacial score (nSPS) is 10.0. The summed E-state index contributed by atoms with van der Waals surface area (Å²) < 4.78 is 1.67. The fraction of sp³-hybridized carbons (Fsp3) is 0.333. The Morgan fingerprint density at radius 2 is 2.31 bits per heavy atom. The molecule has 2 rings (SSSR count). The van der Waals surface area contributed by atoms with Crippen LogP contribution in [0.1, 0.15) is 12.8 Å². The zero-order chi connectivity index (χ0) is 10.7. The number of rotatable bonds is 4. The van der Waals surface area contributed by atoms with Crippen LogP contribution in [0.2, 0.25) is 0 Å². The summed E-state index contributed by atoms with van der Waals surface area (Å²) >= 11 is 0. The number of aliphatic carboxylic acids is 1. The van der Waals surface area contributed by atoms with Crippen LogP contribution in [0.25, 0.3) is 11.0 Å². The minimum atomic E-state index is -1.04. The summed E-state index contributed by atoms with van der Waals surface area (Å²) in [5.74, 6) is -1.04. The summed E-state index contributed by atoms with van der Waals surface area (Å²) in [6.45, 7) is 0.522. The molecule has 0 aliphatic heterocycles. The Balaban J connectivity index is 0.00000128. The molecule has 2 aromatic rings. The smallest absolute Gasteiger partial charge is 0.550 e. The van der Waals surface area contributed by atoms with E-state index < -0.39 is 5.97 Å². The Labute approximate surface area is 114 Å². The molecule has 0 N–H and O–H groups in total. The van der Waals surface area contributed by atoms with Crippen molar-refractivity contribution in [3.63, 3.8) is 0 Å². The van der Waals surface area contributed by atoms with Crippen LogP contribution in [-0.2, 0) is 11.3 Å². The van der Waals surface area contributed by atoms with E-state index in [-0.39, 0.29) is 36.0 Å². The molecule has 0 spiro atoms. The molecule has 0 unspecified atom stereocenters. The van der Waals surface area contributed by atoms with Crippen LogP contribution in [0.3, 0.4) is 0 Å². The monoisotopic (exact) mass is 228 g/mol. The second kappa shape index (κ2) is 5.93. The van der Waals surface area contributed by atoms with Gasteiger partial charge in [-0.1, -0.05) is 5.21 Å². The van der Waals surface area contributed by atoms with E-state index in [2.05, 4.69) is 15.3 Å². The molecule has 7 heteroatoms. The number of hydrogen-bond donors (Lipinski definition) is 0.